The van der Waals surface area contributed by atoms with Crippen molar-refractivity contribution in [3.8, 4) is 10.7 Å². The summed E-state index contributed by atoms with van der Waals surface area (Å²) in [5.41, 5.74) is 4.34. The molecule has 0 bridgehead atoms. The third-order valence-electron chi connectivity index (χ3n) is 3.02. The zero-order valence-corrected chi connectivity index (χ0v) is 12.0. The number of aromatic nitrogens is 2. The molecule has 4 heteroatoms. The fraction of sp³-hybridized carbons (Fsp3) is 0.200. The molecular formula is C15H15N3S. The summed E-state index contributed by atoms with van der Waals surface area (Å²) < 4.78 is 1.20. The van der Waals surface area contributed by atoms with Crippen molar-refractivity contribution in [2.75, 3.05) is 19.0 Å². The summed E-state index contributed by atoms with van der Waals surface area (Å²) in [6.07, 6.45) is 1.88. The molecule has 0 aliphatic carbocycles. The largest absolute Gasteiger partial charge is 0.378 e. The molecule has 0 unspecified atom stereocenters. The first kappa shape index (κ1) is 12.1. The Labute approximate surface area is 116 Å². The third-order valence-corrected chi connectivity index (χ3v) is 4.06. The smallest absolute Gasteiger partial charge is 0.143 e. The van der Waals surface area contributed by atoms with Gasteiger partial charge in [0.05, 0.1) is 15.9 Å². The van der Waals surface area contributed by atoms with E-state index in [4.69, 9.17) is 0 Å². The van der Waals surface area contributed by atoms with Crippen LogP contribution in [-0.2, 0) is 0 Å². The van der Waals surface area contributed by atoms with E-state index in [0.717, 1.165) is 16.2 Å². The van der Waals surface area contributed by atoms with Gasteiger partial charge in [0.1, 0.15) is 5.01 Å². The summed E-state index contributed by atoms with van der Waals surface area (Å²) in [4.78, 5) is 11.2. The van der Waals surface area contributed by atoms with Crippen LogP contribution in [0.5, 0.6) is 0 Å². The highest BCUT2D eigenvalue weighted by Crippen LogP contribution is 2.31. The number of hydrogen-bond acceptors (Lipinski definition) is 4. The molecule has 0 amide bonds. The normalized spacial score (nSPS) is 10.9. The van der Waals surface area contributed by atoms with E-state index in [1.54, 1.807) is 11.3 Å². The lowest BCUT2D eigenvalue weighted by Gasteiger charge is -2.11. The summed E-state index contributed by atoms with van der Waals surface area (Å²) in [5, 5.41) is 0.978. The van der Waals surface area contributed by atoms with Gasteiger partial charge in [-0.1, -0.05) is 6.07 Å². The topological polar surface area (TPSA) is 29.0 Å². The SMILES string of the molecule is Cc1ccc(-c2nc3ccc(N(C)C)cc3s2)nc1. The highest BCUT2D eigenvalue weighted by atomic mass is 32.1. The van der Waals surface area contributed by atoms with Crippen LogP contribution in [0.1, 0.15) is 5.56 Å². The van der Waals surface area contributed by atoms with Gasteiger partial charge < -0.3 is 4.90 Å². The molecular weight excluding hydrogens is 254 g/mol. The molecule has 3 rings (SSSR count). The second kappa shape index (κ2) is 4.63. The van der Waals surface area contributed by atoms with Crippen molar-refractivity contribution >= 4 is 27.2 Å². The molecule has 0 saturated carbocycles. The van der Waals surface area contributed by atoms with Crippen molar-refractivity contribution < 1.29 is 0 Å². The molecule has 2 heterocycles. The third kappa shape index (κ3) is 2.31. The monoisotopic (exact) mass is 269 g/mol. The van der Waals surface area contributed by atoms with Crippen molar-refractivity contribution in [2.45, 2.75) is 6.92 Å². The molecule has 3 aromatic rings. The molecule has 0 radical (unpaired) electrons. The molecule has 0 spiro atoms. The maximum absolute atomic E-state index is 4.65. The quantitative estimate of drug-likeness (QED) is 0.709. The van der Waals surface area contributed by atoms with E-state index in [9.17, 15) is 0 Å². The highest BCUT2D eigenvalue weighted by molar-refractivity contribution is 7.21. The van der Waals surface area contributed by atoms with E-state index in [2.05, 4.69) is 39.1 Å². The number of aryl methyl sites for hydroxylation is 1. The standard InChI is InChI=1S/C15H15N3S/c1-10-4-6-13(16-9-10)15-17-12-7-5-11(18(2)3)8-14(12)19-15/h4-9H,1-3H3. The predicted molar refractivity (Wildman–Crippen MR) is 81.9 cm³/mol. The molecule has 0 fully saturated rings. The van der Waals surface area contributed by atoms with Gasteiger partial charge in [0, 0.05) is 26.0 Å². The molecule has 0 aliphatic heterocycles. The maximum atomic E-state index is 4.65. The first-order valence-electron chi connectivity index (χ1n) is 6.14. The molecule has 3 nitrogen and oxygen atoms in total. The van der Waals surface area contributed by atoms with Crippen LogP contribution in [0, 0.1) is 6.92 Å². The Hall–Kier alpha value is -1.94. The van der Waals surface area contributed by atoms with Crippen LogP contribution >= 0.6 is 11.3 Å². The molecule has 96 valence electrons. The van der Waals surface area contributed by atoms with Crippen molar-refractivity contribution in [2.24, 2.45) is 0 Å². The second-order valence-electron chi connectivity index (χ2n) is 4.79. The van der Waals surface area contributed by atoms with Gasteiger partial charge in [-0.05, 0) is 36.8 Å². The number of rotatable bonds is 2. The van der Waals surface area contributed by atoms with Gasteiger partial charge in [0.15, 0.2) is 0 Å². The summed E-state index contributed by atoms with van der Waals surface area (Å²) in [5.74, 6) is 0. The minimum absolute atomic E-state index is 0.943. The summed E-state index contributed by atoms with van der Waals surface area (Å²) >= 11 is 1.69. The van der Waals surface area contributed by atoms with Crippen LogP contribution in [0.15, 0.2) is 36.5 Å². The van der Waals surface area contributed by atoms with Gasteiger partial charge in [-0.2, -0.15) is 0 Å². The van der Waals surface area contributed by atoms with Crippen molar-refractivity contribution in [1.82, 2.24) is 9.97 Å². The lowest BCUT2D eigenvalue weighted by molar-refractivity contribution is 1.14. The van der Waals surface area contributed by atoms with E-state index in [1.165, 1.54) is 16.0 Å². The van der Waals surface area contributed by atoms with E-state index in [-0.39, 0.29) is 0 Å². The Morgan fingerprint density at radius 2 is 1.95 bits per heavy atom. The molecule has 0 N–H and O–H groups in total. The van der Waals surface area contributed by atoms with Crippen LogP contribution in [-0.4, -0.2) is 24.1 Å². The second-order valence-corrected chi connectivity index (χ2v) is 5.82. The Balaban J connectivity index is 2.08. The van der Waals surface area contributed by atoms with Gasteiger partial charge in [-0.3, -0.25) is 4.98 Å². The van der Waals surface area contributed by atoms with Crippen molar-refractivity contribution in [3.63, 3.8) is 0 Å². The highest BCUT2D eigenvalue weighted by Gasteiger charge is 2.08. The van der Waals surface area contributed by atoms with Gasteiger partial charge in [0.2, 0.25) is 0 Å². The molecule has 2 aromatic heterocycles. The van der Waals surface area contributed by atoms with Gasteiger partial charge in [0.25, 0.3) is 0 Å². The number of fused-ring (bicyclic) bond motifs is 1. The molecule has 19 heavy (non-hydrogen) atoms. The number of anilines is 1. The minimum atomic E-state index is 0.943. The van der Waals surface area contributed by atoms with E-state index in [1.807, 2.05) is 33.3 Å². The lowest BCUT2D eigenvalue weighted by Crippen LogP contribution is -2.07. The zero-order chi connectivity index (χ0) is 13.4. The average Bonchev–Trinajstić information content (AvgIpc) is 2.82. The Bertz CT molecular complexity index is 714. The van der Waals surface area contributed by atoms with Gasteiger partial charge >= 0.3 is 0 Å². The first-order valence-corrected chi connectivity index (χ1v) is 6.96. The van der Waals surface area contributed by atoms with Crippen LogP contribution in [0.3, 0.4) is 0 Å². The summed E-state index contributed by atoms with van der Waals surface area (Å²) in [6, 6.07) is 10.4. The Morgan fingerprint density at radius 3 is 2.63 bits per heavy atom. The zero-order valence-electron chi connectivity index (χ0n) is 11.2. The Kier molecular flexibility index (Phi) is 2.95. The van der Waals surface area contributed by atoms with Crippen LogP contribution in [0.2, 0.25) is 0 Å². The molecule has 0 aliphatic rings. The van der Waals surface area contributed by atoms with E-state index in [0.29, 0.717) is 0 Å². The number of hydrogen-bond donors (Lipinski definition) is 0. The fourth-order valence-electron chi connectivity index (χ4n) is 1.90. The number of thiazole rings is 1. The van der Waals surface area contributed by atoms with Crippen molar-refractivity contribution in [1.29, 1.82) is 0 Å². The summed E-state index contributed by atoms with van der Waals surface area (Å²) in [7, 11) is 4.09. The van der Waals surface area contributed by atoms with E-state index < -0.39 is 0 Å². The number of nitrogens with zero attached hydrogens (tertiary/aromatic N) is 3. The molecule has 0 atom stereocenters. The lowest BCUT2D eigenvalue weighted by atomic mass is 10.3. The summed E-state index contributed by atoms with van der Waals surface area (Å²) in [6.45, 7) is 2.04. The molecule has 0 saturated heterocycles. The van der Waals surface area contributed by atoms with Gasteiger partial charge in [-0.25, -0.2) is 4.98 Å². The maximum Gasteiger partial charge on any atom is 0.143 e. The Morgan fingerprint density at radius 1 is 1.11 bits per heavy atom. The van der Waals surface area contributed by atoms with Crippen molar-refractivity contribution in [3.05, 3.63) is 42.1 Å². The number of pyridine rings is 1. The number of benzene rings is 1. The minimum Gasteiger partial charge on any atom is -0.378 e. The van der Waals surface area contributed by atoms with E-state index >= 15 is 0 Å². The van der Waals surface area contributed by atoms with Crippen LogP contribution in [0.25, 0.3) is 20.9 Å². The van der Waals surface area contributed by atoms with Crippen LogP contribution in [0.4, 0.5) is 5.69 Å². The average molecular weight is 269 g/mol. The van der Waals surface area contributed by atoms with Gasteiger partial charge in [-0.15, -0.1) is 11.3 Å². The van der Waals surface area contributed by atoms with Crippen LogP contribution < -0.4 is 4.90 Å². The first-order chi connectivity index (χ1) is 9.13. The molecule has 1 aromatic carbocycles. The fourth-order valence-corrected chi connectivity index (χ4v) is 2.87. The predicted octanol–water partition coefficient (Wildman–Crippen LogP) is 3.73.